The highest BCUT2D eigenvalue weighted by atomic mass is 31.2. The fourth-order valence-corrected chi connectivity index (χ4v) is 5.21. The van der Waals surface area contributed by atoms with Crippen LogP contribution in [0.15, 0.2) is 15.8 Å². The molecule has 1 aliphatic rings. The van der Waals surface area contributed by atoms with Crippen LogP contribution < -0.4 is 11.2 Å². The lowest BCUT2D eigenvalue weighted by atomic mass is 10.2. The molecule has 0 bridgehead atoms. The van der Waals surface area contributed by atoms with Crippen LogP contribution in [0, 0.1) is 18.8 Å². The third kappa shape index (κ3) is 7.00. The van der Waals surface area contributed by atoms with Crippen molar-refractivity contribution in [3.05, 3.63) is 39.5 Å². The number of nitrogens with one attached hydrogen (secondary N) is 1. The fraction of sp³-hybridized carbons (Fsp3) is 0.696. The standard InChI is InChI=1S/C23H36N3O5P/c1-8-9-10-11-12-13-19-15-25(23(28)24-22(19)27)21-14-20(18(6)30-21)31-32(29-7)26(16(2)3)17(4)5/h6,15-18,20-21H,8-11,14H2,1-5,7H3,(H,24,27,28)/t18-,20-,21-,32?/m1/s1. The molecule has 1 saturated heterocycles. The molecule has 8 nitrogen and oxygen atoms in total. The SMILES string of the molecule is [CH][C@H]1O[C@@H](n2cc(C#CCCCCC)c(=O)[nH]c2=O)C[C@H]1OP(OC)N(C(C)C)C(C)C. The molecule has 32 heavy (non-hydrogen) atoms. The number of aromatic nitrogens is 2. The second kappa shape index (κ2) is 12.7. The average molecular weight is 466 g/mol. The number of nitrogens with zero attached hydrogens (tertiary/aromatic N) is 2. The molecule has 2 radical (unpaired) electrons. The normalized spacial score (nSPS) is 21.9. The van der Waals surface area contributed by atoms with E-state index in [0.717, 1.165) is 19.3 Å². The van der Waals surface area contributed by atoms with Gasteiger partial charge in [0.1, 0.15) is 11.8 Å². The number of unbranched alkanes of at least 4 members (excludes halogenated alkanes) is 3. The summed E-state index contributed by atoms with van der Waals surface area (Å²) in [6.45, 7) is 16.6. The molecule has 2 heterocycles. The third-order valence-corrected chi connectivity index (χ3v) is 7.21. The molecule has 1 aromatic rings. The second-order valence-corrected chi connectivity index (χ2v) is 9.90. The second-order valence-electron chi connectivity index (χ2n) is 8.39. The minimum atomic E-state index is -1.35. The first-order valence-corrected chi connectivity index (χ1v) is 12.4. The molecule has 0 saturated carbocycles. The molecule has 4 atom stereocenters. The summed E-state index contributed by atoms with van der Waals surface area (Å²) in [6, 6.07) is 0.436. The molecule has 0 spiro atoms. The van der Waals surface area contributed by atoms with Gasteiger partial charge >= 0.3 is 5.69 Å². The van der Waals surface area contributed by atoms with Crippen LogP contribution in [0.2, 0.25) is 0 Å². The summed E-state index contributed by atoms with van der Waals surface area (Å²) >= 11 is 0. The molecule has 1 fully saturated rings. The fourth-order valence-electron chi connectivity index (χ4n) is 3.63. The van der Waals surface area contributed by atoms with Crippen LogP contribution in [0.25, 0.3) is 0 Å². The highest BCUT2D eigenvalue weighted by Crippen LogP contribution is 2.48. The molecule has 1 aromatic heterocycles. The van der Waals surface area contributed by atoms with Gasteiger partial charge in [-0.1, -0.05) is 31.6 Å². The van der Waals surface area contributed by atoms with Crippen LogP contribution in [0.1, 0.15) is 78.5 Å². The van der Waals surface area contributed by atoms with Gasteiger partial charge in [-0.25, -0.2) is 9.46 Å². The first-order chi connectivity index (χ1) is 15.2. The van der Waals surface area contributed by atoms with Crippen LogP contribution >= 0.6 is 8.53 Å². The van der Waals surface area contributed by atoms with E-state index < -0.39 is 38.2 Å². The Kier molecular flexibility index (Phi) is 10.6. The topological polar surface area (TPSA) is 85.8 Å². The zero-order valence-corrected chi connectivity index (χ0v) is 20.9. The van der Waals surface area contributed by atoms with Crippen molar-refractivity contribution in [3.63, 3.8) is 0 Å². The summed E-state index contributed by atoms with van der Waals surface area (Å²) < 4.78 is 21.1. The van der Waals surface area contributed by atoms with E-state index in [1.807, 2.05) is 0 Å². The first-order valence-electron chi connectivity index (χ1n) is 11.2. The van der Waals surface area contributed by atoms with Gasteiger partial charge in [0, 0.05) is 38.2 Å². The molecular weight excluding hydrogens is 429 g/mol. The predicted molar refractivity (Wildman–Crippen MR) is 126 cm³/mol. The number of H-pyrrole nitrogens is 1. The van der Waals surface area contributed by atoms with E-state index in [0.29, 0.717) is 12.8 Å². The van der Waals surface area contributed by atoms with Crippen molar-refractivity contribution in [3.8, 4) is 11.8 Å². The quantitative estimate of drug-likeness (QED) is 0.321. The number of hydrogen-bond acceptors (Lipinski definition) is 6. The van der Waals surface area contributed by atoms with Crippen molar-refractivity contribution in [2.24, 2.45) is 0 Å². The van der Waals surface area contributed by atoms with E-state index in [9.17, 15) is 9.59 Å². The van der Waals surface area contributed by atoms with E-state index in [2.05, 4.69) is 56.1 Å². The molecule has 0 amide bonds. The molecule has 9 heteroatoms. The summed E-state index contributed by atoms with van der Waals surface area (Å²) in [5, 5.41) is 0. The van der Waals surface area contributed by atoms with Crippen LogP contribution in [0.4, 0.5) is 0 Å². The average Bonchev–Trinajstić information content (AvgIpc) is 3.08. The van der Waals surface area contributed by atoms with Crippen LogP contribution in [-0.4, -0.2) is 45.6 Å². The lowest BCUT2D eigenvalue weighted by Crippen LogP contribution is -2.35. The monoisotopic (exact) mass is 465 g/mol. The maximum absolute atomic E-state index is 12.4. The third-order valence-electron chi connectivity index (χ3n) is 5.15. The molecule has 2 rings (SSSR count). The number of hydrogen-bond donors (Lipinski definition) is 1. The molecule has 1 unspecified atom stereocenters. The molecule has 0 aliphatic carbocycles. The summed E-state index contributed by atoms with van der Waals surface area (Å²) in [4.78, 5) is 26.9. The first kappa shape index (κ1) is 26.8. The Morgan fingerprint density at radius 3 is 2.59 bits per heavy atom. The van der Waals surface area contributed by atoms with Crippen LogP contribution in [0.5, 0.6) is 0 Å². The van der Waals surface area contributed by atoms with Gasteiger partial charge in [-0.2, -0.15) is 0 Å². The van der Waals surface area contributed by atoms with E-state index in [4.69, 9.17) is 20.7 Å². The zero-order valence-electron chi connectivity index (χ0n) is 20.0. The van der Waals surface area contributed by atoms with Crippen molar-refractivity contribution < 1.29 is 13.8 Å². The molecule has 1 aliphatic heterocycles. The molecule has 178 valence electrons. The van der Waals surface area contributed by atoms with Crippen LogP contribution in [0.3, 0.4) is 0 Å². The van der Waals surface area contributed by atoms with Gasteiger partial charge in [0.2, 0.25) is 0 Å². The van der Waals surface area contributed by atoms with Gasteiger partial charge in [-0.15, -0.1) is 0 Å². The van der Waals surface area contributed by atoms with Crippen molar-refractivity contribution in [1.82, 2.24) is 14.2 Å². The Hall–Kier alpha value is -1.49. The van der Waals surface area contributed by atoms with E-state index in [1.165, 1.54) is 10.8 Å². The highest BCUT2D eigenvalue weighted by molar-refractivity contribution is 7.44. The smallest absolute Gasteiger partial charge is 0.330 e. The molecular formula is C23H36N3O5P. The summed E-state index contributed by atoms with van der Waals surface area (Å²) in [5.41, 5.74) is -0.839. The lowest BCUT2D eigenvalue weighted by molar-refractivity contribution is 0.00474. The molecule has 0 aromatic carbocycles. The van der Waals surface area contributed by atoms with Gasteiger partial charge < -0.3 is 13.8 Å². The van der Waals surface area contributed by atoms with Gasteiger partial charge in [0.25, 0.3) is 14.1 Å². The Balaban J connectivity index is 2.17. The highest BCUT2D eigenvalue weighted by Gasteiger charge is 2.39. The number of ether oxygens (including phenoxy) is 1. The van der Waals surface area contributed by atoms with E-state index in [1.54, 1.807) is 7.11 Å². The van der Waals surface area contributed by atoms with E-state index >= 15 is 0 Å². The maximum atomic E-state index is 12.4. The Morgan fingerprint density at radius 2 is 2.00 bits per heavy atom. The summed E-state index contributed by atoms with van der Waals surface area (Å²) in [7, 11) is 0.258. The molecule has 1 N–H and O–H groups in total. The van der Waals surface area contributed by atoms with Gasteiger partial charge in [-0.05, 0) is 41.0 Å². The van der Waals surface area contributed by atoms with Crippen molar-refractivity contribution in [1.29, 1.82) is 0 Å². The minimum Gasteiger partial charge on any atom is -0.351 e. The lowest BCUT2D eigenvalue weighted by Gasteiger charge is -2.36. The van der Waals surface area contributed by atoms with Crippen LogP contribution in [-0.2, 0) is 13.8 Å². The van der Waals surface area contributed by atoms with Gasteiger partial charge in [0.05, 0.1) is 12.2 Å². The van der Waals surface area contributed by atoms with Crippen molar-refractivity contribution >= 4 is 8.53 Å². The van der Waals surface area contributed by atoms with Crippen molar-refractivity contribution in [2.75, 3.05) is 7.11 Å². The largest absolute Gasteiger partial charge is 0.351 e. The Labute approximate surface area is 192 Å². The minimum absolute atomic E-state index is 0.218. The Bertz CT molecular complexity index is 893. The maximum Gasteiger partial charge on any atom is 0.330 e. The predicted octanol–water partition coefficient (Wildman–Crippen LogP) is 3.84. The summed E-state index contributed by atoms with van der Waals surface area (Å²) in [5.74, 6) is 5.88. The zero-order chi connectivity index (χ0) is 23.8. The number of aromatic amines is 1. The van der Waals surface area contributed by atoms with E-state index in [-0.39, 0.29) is 17.6 Å². The number of rotatable bonds is 10. The van der Waals surface area contributed by atoms with Gasteiger partial charge in [0.15, 0.2) is 0 Å². The van der Waals surface area contributed by atoms with Gasteiger partial charge in [-0.3, -0.25) is 14.3 Å². The summed E-state index contributed by atoms with van der Waals surface area (Å²) in [6.07, 6.45) is 3.81. The van der Waals surface area contributed by atoms with Crippen molar-refractivity contribution in [2.45, 2.75) is 97.2 Å². The Morgan fingerprint density at radius 1 is 1.31 bits per heavy atom.